The van der Waals surface area contributed by atoms with Crippen LogP contribution in [0.5, 0.6) is 0 Å². The smallest absolute Gasteiger partial charge is 0.270 e. The van der Waals surface area contributed by atoms with E-state index < -0.39 is 10.0 Å². The SMILES string of the molecule is CONC(=O)C1=CCN(S(=O)(=O)c2ccc(-c3ccc(CNCCN(C)C)cc3)cc2)CC1. The number of sulfonamides is 1. The molecule has 1 heterocycles. The van der Waals surface area contributed by atoms with Crippen molar-refractivity contribution < 1.29 is 18.0 Å². The Bertz CT molecular complexity index is 1060. The number of carbonyl (C=O) groups is 1. The van der Waals surface area contributed by atoms with Gasteiger partial charge in [-0.15, -0.1) is 0 Å². The zero-order valence-corrected chi connectivity index (χ0v) is 20.2. The Morgan fingerprint density at radius 3 is 2.24 bits per heavy atom. The van der Waals surface area contributed by atoms with Gasteiger partial charge in [-0.1, -0.05) is 42.5 Å². The summed E-state index contributed by atoms with van der Waals surface area (Å²) < 4.78 is 27.4. The lowest BCUT2D eigenvalue weighted by atomic mass is 10.0. The lowest BCUT2D eigenvalue weighted by Crippen LogP contribution is -2.37. The standard InChI is InChI=1S/C24H32N4O4S/c1-27(2)17-14-25-18-19-4-6-20(7-5-19)21-8-10-23(11-9-21)33(30,31)28-15-12-22(13-16-28)24(29)26-32-3/h4-12,25H,13-18H2,1-3H3,(H,26,29). The molecule has 2 aromatic carbocycles. The van der Waals surface area contributed by atoms with E-state index in [4.69, 9.17) is 0 Å². The van der Waals surface area contributed by atoms with Gasteiger partial charge in [-0.3, -0.25) is 9.63 Å². The first-order valence-corrected chi connectivity index (χ1v) is 12.3. The van der Waals surface area contributed by atoms with Gasteiger partial charge in [-0.25, -0.2) is 13.9 Å². The molecule has 2 N–H and O–H groups in total. The zero-order valence-electron chi connectivity index (χ0n) is 19.4. The van der Waals surface area contributed by atoms with Crippen LogP contribution in [-0.2, 0) is 26.2 Å². The predicted octanol–water partition coefficient (Wildman–Crippen LogP) is 2.00. The lowest BCUT2D eigenvalue weighted by molar-refractivity contribution is -0.127. The van der Waals surface area contributed by atoms with Gasteiger partial charge in [0.05, 0.1) is 12.0 Å². The first-order chi connectivity index (χ1) is 15.8. The molecular formula is C24H32N4O4S. The number of hydrogen-bond acceptors (Lipinski definition) is 6. The van der Waals surface area contributed by atoms with Crippen molar-refractivity contribution in [3.8, 4) is 11.1 Å². The normalized spacial score (nSPS) is 14.8. The fourth-order valence-corrected chi connectivity index (χ4v) is 4.93. The maximum atomic E-state index is 13.0. The number of nitrogens with zero attached hydrogens (tertiary/aromatic N) is 2. The molecule has 0 aromatic heterocycles. The van der Waals surface area contributed by atoms with Crippen LogP contribution in [0.4, 0.5) is 0 Å². The molecule has 0 atom stereocenters. The summed E-state index contributed by atoms with van der Waals surface area (Å²) in [6.45, 7) is 3.13. The van der Waals surface area contributed by atoms with Gasteiger partial charge >= 0.3 is 0 Å². The molecule has 33 heavy (non-hydrogen) atoms. The number of likely N-dealkylation sites (N-methyl/N-ethyl adjacent to an activating group) is 1. The number of hydrogen-bond donors (Lipinski definition) is 2. The van der Waals surface area contributed by atoms with Gasteiger partial charge in [0, 0.05) is 38.3 Å². The maximum Gasteiger partial charge on any atom is 0.270 e. The highest BCUT2D eigenvalue weighted by molar-refractivity contribution is 7.89. The van der Waals surface area contributed by atoms with E-state index in [0.717, 1.165) is 30.8 Å². The van der Waals surface area contributed by atoms with Gasteiger partial charge in [0.2, 0.25) is 10.0 Å². The Morgan fingerprint density at radius 2 is 1.70 bits per heavy atom. The summed E-state index contributed by atoms with van der Waals surface area (Å²) in [6, 6.07) is 15.2. The average molecular weight is 473 g/mol. The monoisotopic (exact) mass is 472 g/mol. The highest BCUT2D eigenvalue weighted by atomic mass is 32.2. The Hall–Kier alpha value is -2.56. The second-order valence-corrected chi connectivity index (χ2v) is 10.1. The second kappa shape index (κ2) is 11.5. The molecule has 1 aliphatic rings. The van der Waals surface area contributed by atoms with Crippen LogP contribution >= 0.6 is 0 Å². The van der Waals surface area contributed by atoms with Crippen molar-refractivity contribution >= 4 is 15.9 Å². The van der Waals surface area contributed by atoms with Crippen LogP contribution in [0, 0.1) is 0 Å². The third-order valence-corrected chi connectivity index (χ3v) is 7.38. The summed E-state index contributed by atoms with van der Waals surface area (Å²) in [6.07, 6.45) is 1.96. The van der Waals surface area contributed by atoms with E-state index in [1.165, 1.54) is 17.0 Å². The minimum Gasteiger partial charge on any atom is -0.311 e. The van der Waals surface area contributed by atoms with Crippen molar-refractivity contribution in [3.05, 3.63) is 65.7 Å². The minimum absolute atomic E-state index is 0.153. The molecule has 3 rings (SSSR count). The van der Waals surface area contributed by atoms with Crippen LogP contribution in [0.1, 0.15) is 12.0 Å². The van der Waals surface area contributed by atoms with Crippen molar-refractivity contribution in [2.75, 3.05) is 47.4 Å². The van der Waals surface area contributed by atoms with Crippen molar-refractivity contribution in [1.29, 1.82) is 0 Å². The molecule has 0 radical (unpaired) electrons. The maximum absolute atomic E-state index is 13.0. The van der Waals surface area contributed by atoms with E-state index in [9.17, 15) is 13.2 Å². The molecule has 0 aliphatic carbocycles. The highest BCUT2D eigenvalue weighted by Crippen LogP contribution is 2.25. The second-order valence-electron chi connectivity index (χ2n) is 8.18. The molecule has 0 unspecified atom stereocenters. The number of rotatable bonds is 10. The summed E-state index contributed by atoms with van der Waals surface area (Å²) in [7, 11) is 1.83. The molecule has 1 aliphatic heterocycles. The van der Waals surface area contributed by atoms with Crippen molar-refractivity contribution in [2.24, 2.45) is 0 Å². The van der Waals surface area contributed by atoms with Crippen molar-refractivity contribution in [3.63, 3.8) is 0 Å². The van der Waals surface area contributed by atoms with E-state index in [-0.39, 0.29) is 23.9 Å². The summed E-state index contributed by atoms with van der Waals surface area (Å²) in [5.74, 6) is -0.339. The van der Waals surface area contributed by atoms with Crippen LogP contribution in [0.3, 0.4) is 0 Å². The number of nitrogens with one attached hydrogen (secondary N) is 2. The molecule has 9 heteroatoms. The van der Waals surface area contributed by atoms with Gasteiger partial charge in [-0.2, -0.15) is 4.31 Å². The number of benzene rings is 2. The lowest BCUT2D eigenvalue weighted by Gasteiger charge is -2.25. The topological polar surface area (TPSA) is 91.0 Å². The van der Waals surface area contributed by atoms with Crippen LogP contribution in [0.15, 0.2) is 65.1 Å². The van der Waals surface area contributed by atoms with E-state index >= 15 is 0 Å². The summed E-state index contributed by atoms with van der Waals surface area (Å²) in [5.41, 5.74) is 5.98. The number of hydroxylamine groups is 1. The van der Waals surface area contributed by atoms with E-state index in [1.807, 2.05) is 12.1 Å². The first kappa shape index (κ1) is 25.1. The van der Waals surface area contributed by atoms with Crippen molar-refractivity contribution in [1.82, 2.24) is 20.0 Å². The largest absolute Gasteiger partial charge is 0.311 e. The van der Waals surface area contributed by atoms with E-state index in [2.05, 4.69) is 58.9 Å². The van der Waals surface area contributed by atoms with Crippen molar-refractivity contribution in [2.45, 2.75) is 17.9 Å². The molecule has 0 saturated heterocycles. The van der Waals surface area contributed by atoms with Gasteiger partial charge < -0.3 is 10.2 Å². The number of carbonyl (C=O) groups excluding carboxylic acids is 1. The summed E-state index contributed by atoms with van der Waals surface area (Å²) >= 11 is 0. The van der Waals surface area contributed by atoms with Gasteiger partial charge in [0.1, 0.15) is 0 Å². The first-order valence-electron chi connectivity index (χ1n) is 10.9. The van der Waals surface area contributed by atoms with Gasteiger partial charge in [0.15, 0.2) is 0 Å². The zero-order chi connectivity index (χ0) is 23.8. The Balaban J connectivity index is 1.62. The fourth-order valence-electron chi connectivity index (χ4n) is 3.55. The molecule has 0 fully saturated rings. The van der Waals surface area contributed by atoms with Crippen LogP contribution < -0.4 is 10.8 Å². The predicted molar refractivity (Wildman–Crippen MR) is 129 cm³/mol. The molecule has 0 spiro atoms. The Labute approximate surface area is 196 Å². The molecule has 0 bridgehead atoms. The Morgan fingerprint density at radius 1 is 1.06 bits per heavy atom. The van der Waals surface area contributed by atoms with Crippen LogP contribution in [0.2, 0.25) is 0 Å². The van der Waals surface area contributed by atoms with Crippen LogP contribution in [0.25, 0.3) is 11.1 Å². The van der Waals surface area contributed by atoms with E-state index in [1.54, 1.807) is 18.2 Å². The van der Waals surface area contributed by atoms with Gasteiger partial charge in [-0.05, 0) is 49.3 Å². The molecule has 178 valence electrons. The summed E-state index contributed by atoms with van der Waals surface area (Å²) in [4.78, 5) is 18.8. The third kappa shape index (κ3) is 6.72. The molecule has 8 nitrogen and oxygen atoms in total. The highest BCUT2D eigenvalue weighted by Gasteiger charge is 2.27. The van der Waals surface area contributed by atoms with Crippen LogP contribution in [-0.4, -0.2) is 70.9 Å². The van der Waals surface area contributed by atoms with E-state index in [0.29, 0.717) is 12.0 Å². The molecule has 2 aromatic rings. The minimum atomic E-state index is -3.63. The third-order valence-electron chi connectivity index (χ3n) is 5.50. The summed E-state index contributed by atoms with van der Waals surface area (Å²) in [5, 5.41) is 3.42. The number of amides is 1. The fraction of sp³-hybridized carbons (Fsp3) is 0.375. The molecule has 1 amide bonds. The van der Waals surface area contributed by atoms with Gasteiger partial charge in [0.25, 0.3) is 5.91 Å². The molecule has 0 saturated carbocycles. The Kier molecular flexibility index (Phi) is 8.76. The average Bonchev–Trinajstić information content (AvgIpc) is 2.82. The molecular weight excluding hydrogens is 440 g/mol. The quantitative estimate of drug-likeness (QED) is 0.406.